The maximum absolute atomic E-state index is 5.98. The fraction of sp³-hybridized carbons (Fsp3) is 0.250. The zero-order valence-corrected chi connectivity index (χ0v) is 12.4. The van der Waals surface area contributed by atoms with Crippen molar-refractivity contribution in [1.82, 2.24) is 0 Å². The minimum absolute atomic E-state index is 0.605. The molecule has 20 heavy (non-hydrogen) atoms. The lowest BCUT2D eigenvalue weighted by molar-refractivity contribution is 0.317. The van der Waals surface area contributed by atoms with Crippen LogP contribution >= 0.6 is 11.6 Å². The minimum atomic E-state index is 0.605. The number of hydrogen-bond acceptors (Lipinski definition) is 3. The van der Waals surface area contributed by atoms with Gasteiger partial charge in [-0.2, -0.15) is 0 Å². The SMILES string of the molecule is CCCOc1cc(Oc2cc(Cl)ccc2C)ccc1N. The van der Waals surface area contributed by atoms with Crippen molar-refractivity contribution in [3.63, 3.8) is 0 Å². The second kappa shape index (κ2) is 6.53. The molecule has 2 N–H and O–H groups in total. The Bertz CT molecular complexity index is 599. The zero-order chi connectivity index (χ0) is 14.5. The molecule has 0 bridgehead atoms. The summed E-state index contributed by atoms with van der Waals surface area (Å²) < 4.78 is 11.4. The van der Waals surface area contributed by atoms with Crippen LogP contribution in [0.2, 0.25) is 5.02 Å². The molecule has 0 unspecified atom stereocenters. The van der Waals surface area contributed by atoms with E-state index in [1.54, 1.807) is 18.2 Å². The molecule has 0 spiro atoms. The van der Waals surface area contributed by atoms with Gasteiger partial charge in [0.25, 0.3) is 0 Å². The number of nitrogen functional groups attached to an aromatic ring is 1. The highest BCUT2D eigenvalue weighted by atomic mass is 35.5. The highest BCUT2D eigenvalue weighted by Gasteiger charge is 2.06. The van der Waals surface area contributed by atoms with Gasteiger partial charge >= 0.3 is 0 Å². The van der Waals surface area contributed by atoms with Crippen LogP contribution in [0, 0.1) is 6.92 Å². The molecular weight excluding hydrogens is 274 g/mol. The Morgan fingerprint density at radius 3 is 2.65 bits per heavy atom. The normalized spacial score (nSPS) is 10.3. The van der Waals surface area contributed by atoms with E-state index in [1.165, 1.54) is 0 Å². The second-order valence-corrected chi connectivity index (χ2v) is 5.00. The van der Waals surface area contributed by atoms with Crippen LogP contribution in [-0.4, -0.2) is 6.61 Å². The summed E-state index contributed by atoms with van der Waals surface area (Å²) in [5.41, 5.74) is 7.50. The number of hydrogen-bond donors (Lipinski definition) is 1. The first-order valence-corrected chi connectivity index (χ1v) is 6.94. The van der Waals surface area contributed by atoms with E-state index in [2.05, 4.69) is 0 Å². The quantitative estimate of drug-likeness (QED) is 0.804. The van der Waals surface area contributed by atoms with Crippen molar-refractivity contribution >= 4 is 17.3 Å². The summed E-state index contributed by atoms with van der Waals surface area (Å²) in [4.78, 5) is 0. The van der Waals surface area contributed by atoms with Gasteiger partial charge in [-0.1, -0.05) is 24.6 Å². The smallest absolute Gasteiger partial charge is 0.145 e. The van der Waals surface area contributed by atoms with Crippen molar-refractivity contribution in [2.24, 2.45) is 0 Å². The highest BCUT2D eigenvalue weighted by Crippen LogP contribution is 2.32. The van der Waals surface area contributed by atoms with Crippen molar-refractivity contribution in [2.75, 3.05) is 12.3 Å². The standard InChI is InChI=1S/C16H18ClNO2/c1-3-8-19-16-10-13(6-7-14(16)18)20-15-9-12(17)5-4-11(15)2/h4-7,9-10H,3,8,18H2,1-2H3. The Morgan fingerprint density at radius 2 is 1.90 bits per heavy atom. The van der Waals surface area contributed by atoms with Crippen LogP contribution in [0.5, 0.6) is 17.2 Å². The Kier molecular flexibility index (Phi) is 4.74. The molecule has 3 nitrogen and oxygen atoms in total. The molecule has 0 radical (unpaired) electrons. The number of anilines is 1. The van der Waals surface area contributed by atoms with E-state index in [4.69, 9.17) is 26.8 Å². The summed E-state index contributed by atoms with van der Waals surface area (Å²) in [7, 11) is 0. The van der Waals surface area contributed by atoms with Crippen LogP contribution in [0.3, 0.4) is 0 Å². The molecule has 0 atom stereocenters. The lowest BCUT2D eigenvalue weighted by atomic mass is 10.2. The van der Waals surface area contributed by atoms with Crippen LogP contribution < -0.4 is 15.2 Å². The number of ether oxygens (including phenoxy) is 2. The zero-order valence-electron chi connectivity index (χ0n) is 11.7. The topological polar surface area (TPSA) is 44.5 Å². The summed E-state index contributed by atoms with van der Waals surface area (Å²) in [5, 5.41) is 0.642. The molecule has 0 aliphatic rings. The highest BCUT2D eigenvalue weighted by molar-refractivity contribution is 6.30. The molecule has 2 rings (SSSR count). The Labute approximate surface area is 124 Å². The van der Waals surface area contributed by atoms with Gasteiger partial charge in [-0.3, -0.25) is 0 Å². The lowest BCUT2D eigenvalue weighted by Gasteiger charge is -2.12. The Balaban J connectivity index is 2.22. The maximum atomic E-state index is 5.98. The third kappa shape index (κ3) is 3.58. The summed E-state index contributed by atoms with van der Waals surface area (Å²) >= 11 is 5.98. The van der Waals surface area contributed by atoms with E-state index >= 15 is 0 Å². The minimum Gasteiger partial charge on any atom is -0.491 e. The van der Waals surface area contributed by atoms with Crippen molar-refractivity contribution in [3.8, 4) is 17.2 Å². The van der Waals surface area contributed by atoms with Crippen molar-refractivity contribution in [2.45, 2.75) is 20.3 Å². The molecule has 0 fully saturated rings. The number of aryl methyl sites for hydroxylation is 1. The molecule has 106 valence electrons. The first-order chi connectivity index (χ1) is 9.60. The average molecular weight is 292 g/mol. The molecule has 0 heterocycles. The third-order valence-electron chi connectivity index (χ3n) is 2.82. The number of nitrogens with two attached hydrogens (primary N) is 1. The fourth-order valence-electron chi connectivity index (χ4n) is 1.73. The average Bonchev–Trinajstić information content (AvgIpc) is 2.43. The maximum Gasteiger partial charge on any atom is 0.145 e. The first kappa shape index (κ1) is 14.5. The largest absolute Gasteiger partial charge is 0.491 e. The summed E-state index contributed by atoms with van der Waals surface area (Å²) in [5.74, 6) is 2.04. The van der Waals surface area contributed by atoms with E-state index in [1.807, 2.05) is 32.0 Å². The van der Waals surface area contributed by atoms with Crippen LogP contribution in [0.25, 0.3) is 0 Å². The number of halogens is 1. The monoisotopic (exact) mass is 291 g/mol. The third-order valence-corrected chi connectivity index (χ3v) is 3.06. The van der Waals surface area contributed by atoms with Gasteiger partial charge in [-0.05, 0) is 43.2 Å². The summed E-state index contributed by atoms with van der Waals surface area (Å²) in [6.45, 7) is 4.65. The van der Waals surface area contributed by atoms with Crippen molar-refractivity contribution < 1.29 is 9.47 Å². The van der Waals surface area contributed by atoms with Gasteiger partial charge in [0.15, 0.2) is 0 Å². The van der Waals surface area contributed by atoms with Gasteiger partial charge in [0, 0.05) is 11.1 Å². The predicted octanol–water partition coefficient (Wildman–Crippen LogP) is 4.81. The van der Waals surface area contributed by atoms with Gasteiger partial charge in [-0.25, -0.2) is 0 Å². The lowest BCUT2D eigenvalue weighted by Crippen LogP contribution is -1.99. The fourth-order valence-corrected chi connectivity index (χ4v) is 1.89. The van der Waals surface area contributed by atoms with Gasteiger partial charge < -0.3 is 15.2 Å². The molecule has 0 saturated carbocycles. The van der Waals surface area contributed by atoms with Gasteiger partial charge in [-0.15, -0.1) is 0 Å². The van der Waals surface area contributed by atoms with E-state index < -0.39 is 0 Å². The van der Waals surface area contributed by atoms with Crippen LogP contribution in [0.1, 0.15) is 18.9 Å². The molecule has 0 amide bonds. The molecule has 0 saturated heterocycles. The predicted molar refractivity (Wildman–Crippen MR) is 82.9 cm³/mol. The van der Waals surface area contributed by atoms with Crippen LogP contribution in [0.15, 0.2) is 36.4 Å². The molecule has 2 aromatic rings. The van der Waals surface area contributed by atoms with Crippen molar-refractivity contribution in [1.29, 1.82) is 0 Å². The molecule has 2 aromatic carbocycles. The molecule has 0 aliphatic carbocycles. The second-order valence-electron chi connectivity index (χ2n) is 4.56. The molecular formula is C16H18ClNO2. The Morgan fingerprint density at radius 1 is 1.10 bits per heavy atom. The molecule has 0 aromatic heterocycles. The summed E-state index contributed by atoms with van der Waals surface area (Å²) in [6, 6.07) is 10.9. The van der Waals surface area contributed by atoms with Gasteiger partial charge in [0.05, 0.1) is 12.3 Å². The van der Waals surface area contributed by atoms with Gasteiger partial charge in [0.1, 0.15) is 17.2 Å². The van der Waals surface area contributed by atoms with Crippen molar-refractivity contribution in [3.05, 3.63) is 47.0 Å². The molecule has 0 aliphatic heterocycles. The van der Waals surface area contributed by atoms with E-state index in [0.29, 0.717) is 28.8 Å². The van der Waals surface area contributed by atoms with Gasteiger partial charge in [0.2, 0.25) is 0 Å². The first-order valence-electron chi connectivity index (χ1n) is 6.56. The number of benzene rings is 2. The van der Waals surface area contributed by atoms with E-state index in [9.17, 15) is 0 Å². The Hall–Kier alpha value is -1.87. The molecule has 4 heteroatoms. The van der Waals surface area contributed by atoms with E-state index in [-0.39, 0.29) is 0 Å². The van der Waals surface area contributed by atoms with E-state index in [0.717, 1.165) is 17.7 Å². The van der Waals surface area contributed by atoms with Crippen LogP contribution in [-0.2, 0) is 0 Å². The number of rotatable bonds is 5. The van der Waals surface area contributed by atoms with Crippen LogP contribution in [0.4, 0.5) is 5.69 Å². The summed E-state index contributed by atoms with van der Waals surface area (Å²) in [6.07, 6.45) is 0.928.